The SMILES string of the molecule is CSC1CN=C(C=C(C)c2ccc(C#N)nc2)OC1. The molecule has 2 heterocycles. The fraction of sp³-hybridized carbons (Fsp3) is 0.357. The third-order valence-corrected chi connectivity index (χ3v) is 3.83. The van der Waals surface area contributed by atoms with Gasteiger partial charge in [-0.3, -0.25) is 4.99 Å². The van der Waals surface area contributed by atoms with Crippen LogP contribution in [0.2, 0.25) is 0 Å². The molecule has 2 rings (SSSR count). The zero-order chi connectivity index (χ0) is 13.7. The molecule has 1 aliphatic rings. The van der Waals surface area contributed by atoms with Gasteiger partial charge in [-0.2, -0.15) is 17.0 Å². The lowest BCUT2D eigenvalue weighted by Gasteiger charge is -2.19. The van der Waals surface area contributed by atoms with Crippen LogP contribution in [0.15, 0.2) is 29.4 Å². The van der Waals surface area contributed by atoms with E-state index >= 15 is 0 Å². The molecule has 19 heavy (non-hydrogen) atoms. The van der Waals surface area contributed by atoms with Crippen molar-refractivity contribution in [2.75, 3.05) is 19.4 Å². The van der Waals surface area contributed by atoms with E-state index < -0.39 is 0 Å². The van der Waals surface area contributed by atoms with E-state index in [1.54, 1.807) is 24.0 Å². The van der Waals surface area contributed by atoms with Crippen LogP contribution in [0.3, 0.4) is 0 Å². The van der Waals surface area contributed by atoms with Crippen molar-refractivity contribution in [2.24, 2.45) is 4.99 Å². The highest BCUT2D eigenvalue weighted by molar-refractivity contribution is 7.99. The van der Waals surface area contributed by atoms with Gasteiger partial charge in [0, 0.05) is 12.3 Å². The maximum Gasteiger partial charge on any atom is 0.208 e. The Labute approximate surface area is 117 Å². The minimum Gasteiger partial charge on any atom is -0.477 e. The summed E-state index contributed by atoms with van der Waals surface area (Å²) in [5.41, 5.74) is 2.42. The Kier molecular flexibility index (Phi) is 4.58. The molecule has 0 aliphatic carbocycles. The normalized spacial score (nSPS) is 19.3. The van der Waals surface area contributed by atoms with E-state index in [4.69, 9.17) is 10.00 Å². The van der Waals surface area contributed by atoms with E-state index in [0.717, 1.165) is 17.7 Å². The first-order valence-corrected chi connectivity index (χ1v) is 7.26. The lowest BCUT2D eigenvalue weighted by molar-refractivity contribution is 0.291. The van der Waals surface area contributed by atoms with Crippen LogP contribution in [0, 0.1) is 11.3 Å². The average Bonchev–Trinajstić information content (AvgIpc) is 2.48. The van der Waals surface area contributed by atoms with Gasteiger partial charge in [0.2, 0.25) is 5.90 Å². The van der Waals surface area contributed by atoms with E-state index in [-0.39, 0.29) is 0 Å². The van der Waals surface area contributed by atoms with E-state index in [1.165, 1.54) is 0 Å². The van der Waals surface area contributed by atoms with Crippen molar-refractivity contribution in [1.82, 2.24) is 4.98 Å². The maximum absolute atomic E-state index is 8.71. The van der Waals surface area contributed by atoms with Crippen molar-refractivity contribution in [3.63, 3.8) is 0 Å². The molecule has 0 aromatic carbocycles. The summed E-state index contributed by atoms with van der Waals surface area (Å²) >= 11 is 1.77. The molecule has 0 spiro atoms. The number of pyridine rings is 1. The summed E-state index contributed by atoms with van der Waals surface area (Å²) in [7, 11) is 0. The van der Waals surface area contributed by atoms with Crippen molar-refractivity contribution < 1.29 is 4.74 Å². The van der Waals surface area contributed by atoms with Crippen LogP contribution in [-0.4, -0.2) is 35.5 Å². The highest BCUT2D eigenvalue weighted by Gasteiger charge is 2.14. The number of aliphatic imine (C=N–C) groups is 1. The van der Waals surface area contributed by atoms with Crippen LogP contribution < -0.4 is 0 Å². The molecule has 1 atom stereocenters. The number of ether oxygens (including phenoxy) is 1. The smallest absolute Gasteiger partial charge is 0.208 e. The molecule has 0 bridgehead atoms. The van der Waals surface area contributed by atoms with Crippen LogP contribution in [0.1, 0.15) is 18.2 Å². The van der Waals surface area contributed by atoms with Crippen LogP contribution >= 0.6 is 11.8 Å². The van der Waals surface area contributed by atoms with Crippen LogP contribution in [0.5, 0.6) is 0 Å². The molecule has 0 N–H and O–H groups in total. The zero-order valence-corrected chi connectivity index (χ0v) is 11.8. The molecule has 0 radical (unpaired) electrons. The summed E-state index contributed by atoms with van der Waals surface area (Å²) < 4.78 is 5.60. The van der Waals surface area contributed by atoms with Gasteiger partial charge >= 0.3 is 0 Å². The molecule has 1 aromatic heterocycles. The molecular weight excluding hydrogens is 258 g/mol. The van der Waals surface area contributed by atoms with Crippen molar-refractivity contribution in [3.05, 3.63) is 35.7 Å². The van der Waals surface area contributed by atoms with Crippen molar-refractivity contribution in [2.45, 2.75) is 12.2 Å². The predicted octanol–water partition coefficient (Wildman–Crippen LogP) is 2.52. The summed E-state index contributed by atoms with van der Waals surface area (Å²) in [6.07, 6.45) is 5.68. The third-order valence-electron chi connectivity index (χ3n) is 2.87. The number of allylic oxidation sites excluding steroid dienone is 1. The van der Waals surface area contributed by atoms with E-state index in [0.29, 0.717) is 23.4 Å². The molecule has 0 saturated heterocycles. The number of nitrogens with zero attached hydrogens (tertiary/aromatic N) is 3. The number of hydrogen-bond donors (Lipinski definition) is 0. The van der Waals surface area contributed by atoms with Crippen molar-refractivity contribution in [3.8, 4) is 6.07 Å². The lowest BCUT2D eigenvalue weighted by atomic mass is 10.1. The molecule has 0 fully saturated rings. The number of nitriles is 1. The van der Waals surface area contributed by atoms with E-state index in [9.17, 15) is 0 Å². The number of aromatic nitrogens is 1. The maximum atomic E-state index is 8.71. The molecule has 1 aromatic rings. The number of thioether (sulfide) groups is 1. The standard InChI is InChI=1S/C14H15N3OS/c1-10(11-3-4-12(6-15)16-7-11)5-14-17-8-13(19-2)9-18-14/h3-5,7,13H,8-9H2,1-2H3. The first-order valence-electron chi connectivity index (χ1n) is 5.98. The molecular formula is C14H15N3OS. The summed E-state index contributed by atoms with van der Waals surface area (Å²) in [6.45, 7) is 3.48. The highest BCUT2D eigenvalue weighted by atomic mass is 32.2. The topological polar surface area (TPSA) is 58.3 Å². The fourth-order valence-electron chi connectivity index (χ4n) is 1.66. The average molecular weight is 273 g/mol. The minimum absolute atomic E-state index is 0.422. The van der Waals surface area contributed by atoms with Gasteiger partial charge in [0.1, 0.15) is 18.4 Å². The first kappa shape index (κ1) is 13.6. The van der Waals surface area contributed by atoms with Gasteiger partial charge in [0.25, 0.3) is 0 Å². The molecule has 1 aliphatic heterocycles. The Bertz CT molecular complexity index is 543. The largest absolute Gasteiger partial charge is 0.477 e. The first-order chi connectivity index (χ1) is 9.22. The highest BCUT2D eigenvalue weighted by Crippen LogP contribution is 2.16. The second-order valence-corrected chi connectivity index (χ2v) is 5.36. The van der Waals surface area contributed by atoms with Gasteiger partial charge in [0.05, 0.1) is 11.8 Å². The van der Waals surface area contributed by atoms with Crippen molar-refractivity contribution in [1.29, 1.82) is 5.26 Å². The molecule has 98 valence electrons. The lowest BCUT2D eigenvalue weighted by Crippen LogP contribution is -2.24. The molecule has 1 unspecified atom stereocenters. The van der Waals surface area contributed by atoms with Crippen molar-refractivity contribution >= 4 is 23.2 Å². The Hall–Kier alpha value is -1.80. The van der Waals surface area contributed by atoms with Gasteiger partial charge in [-0.25, -0.2) is 4.98 Å². The summed E-state index contributed by atoms with van der Waals surface area (Å²) in [6, 6.07) is 5.59. The quantitative estimate of drug-likeness (QED) is 0.849. The van der Waals surface area contributed by atoms with Gasteiger partial charge < -0.3 is 4.74 Å². The Morgan fingerprint density at radius 3 is 2.95 bits per heavy atom. The molecule has 0 saturated carbocycles. The minimum atomic E-state index is 0.422. The summed E-state index contributed by atoms with van der Waals surface area (Å²) in [5.74, 6) is 0.673. The van der Waals surface area contributed by atoms with Crippen LogP contribution in [0.25, 0.3) is 5.57 Å². The third kappa shape index (κ3) is 3.58. The van der Waals surface area contributed by atoms with Crippen LogP contribution in [0.4, 0.5) is 0 Å². The Balaban J connectivity index is 2.10. The second kappa shape index (κ2) is 6.39. The second-order valence-electron chi connectivity index (χ2n) is 4.22. The number of hydrogen-bond acceptors (Lipinski definition) is 5. The number of rotatable bonds is 3. The van der Waals surface area contributed by atoms with Gasteiger partial charge in [0.15, 0.2) is 0 Å². The molecule has 4 nitrogen and oxygen atoms in total. The monoisotopic (exact) mass is 273 g/mol. The van der Waals surface area contributed by atoms with Gasteiger partial charge in [-0.15, -0.1) is 0 Å². The Morgan fingerprint density at radius 2 is 2.42 bits per heavy atom. The summed E-state index contributed by atoms with van der Waals surface area (Å²) in [4.78, 5) is 8.46. The van der Waals surface area contributed by atoms with E-state index in [1.807, 2.05) is 25.1 Å². The van der Waals surface area contributed by atoms with Crippen LogP contribution in [-0.2, 0) is 4.74 Å². The van der Waals surface area contributed by atoms with Gasteiger partial charge in [-0.1, -0.05) is 6.07 Å². The van der Waals surface area contributed by atoms with Gasteiger partial charge in [-0.05, 0) is 30.4 Å². The zero-order valence-electron chi connectivity index (χ0n) is 11.0. The molecule has 5 heteroatoms. The Morgan fingerprint density at radius 1 is 1.58 bits per heavy atom. The fourth-order valence-corrected chi connectivity index (χ4v) is 2.09. The summed E-state index contributed by atoms with van der Waals surface area (Å²) in [5, 5.41) is 9.16. The molecule has 0 amide bonds. The predicted molar refractivity (Wildman–Crippen MR) is 78.2 cm³/mol. The van der Waals surface area contributed by atoms with E-state index in [2.05, 4.69) is 16.2 Å².